The molecule has 5 heteroatoms. The van der Waals surface area contributed by atoms with Crippen molar-refractivity contribution in [3.63, 3.8) is 0 Å². The Hall–Kier alpha value is -2.53. The SMILES string of the molecule is NC(=O)N(Cc1ccccc1)c1ccc(NO)cc1. The second kappa shape index (κ2) is 5.88. The summed E-state index contributed by atoms with van der Waals surface area (Å²) < 4.78 is 0. The fourth-order valence-electron chi connectivity index (χ4n) is 1.78. The molecule has 0 fully saturated rings. The monoisotopic (exact) mass is 257 g/mol. The van der Waals surface area contributed by atoms with E-state index in [-0.39, 0.29) is 0 Å². The van der Waals surface area contributed by atoms with Gasteiger partial charge in [-0.05, 0) is 29.8 Å². The summed E-state index contributed by atoms with van der Waals surface area (Å²) in [6.07, 6.45) is 0. The maximum Gasteiger partial charge on any atom is 0.319 e. The highest BCUT2D eigenvalue weighted by Gasteiger charge is 2.12. The van der Waals surface area contributed by atoms with E-state index in [9.17, 15) is 4.79 Å². The van der Waals surface area contributed by atoms with Crippen LogP contribution in [0.4, 0.5) is 16.2 Å². The molecular formula is C14H15N3O2. The number of nitrogens with zero attached hydrogens (tertiary/aromatic N) is 1. The van der Waals surface area contributed by atoms with Crippen LogP contribution >= 0.6 is 0 Å². The molecule has 19 heavy (non-hydrogen) atoms. The molecule has 0 saturated carbocycles. The van der Waals surface area contributed by atoms with Gasteiger partial charge in [0.15, 0.2) is 0 Å². The minimum absolute atomic E-state index is 0.405. The number of carbonyl (C=O) groups excluding carboxylic acids is 1. The van der Waals surface area contributed by atoms with Crippen LogP contribution in [-0.4, -0.2) is 11.2 Å². The third kappa shape index (κ3) is 3.23. The van der Waals surface area contributed by atoms with Crippen LogP contribution in [0.15, 0.2) is 54.6 Å². The quantitative estimate of drug-likeness (QED) is 0.736. The molecule has 0 aromatic heterocycles. The topological polar surface area (TPSA) is 78.6 Å². The van der Waals surface area contributed by atoms with Gasteiger partial charge in [-0.25, -0.2) is 4.79 Å². The van der Waals surface area contributed by atoms with Crippen molar-refractivity contribution < 1.29 is 10.0 Å². The predicted octanol–water partition coefficient (Wildman–Crippen LogP) is 2.57. The van der Waals surface area contributed by atoms with Crippen molar-refractivity contribution in [1.82, 2.24) is 0 Å². The summed E-state index contributed by atoms with van der Waals surface area (Å²) in [7, 11) is 0. The Kier molecular flexibility index (Phi) is 4.00. The average molecular weight is 257 g/mol. The van der Waals surface area contributed by atoms with Gasteiger partial charge in [-0.15, -0.1) is 0 Å². The minimum Gasteiger partial charge on any atom is -0.351 e. The molecule has 0 unspecified atom stereocenters. The number of anilines is 2. The lowest BCUT2D eigenvalue weighted by Gasteiger charge is -2.20. The molecule has 0 radical (unpaired) electrons. The third-order valence-electron chi connectivity index (χ3n) is 2.76. The number of nitrogens with one attached hydrogen (secondary N) is 1. The molecular weight excluding hydrogens is 242 g/mol. The first kappa shape index (κ1) is 12.9. The van der Waals surface area contributed by atoms with Crippen LogP contribution in [0.2, 0.25) is 0 Å². The van der Waals surface area contributed by atoms with Gasteiger partial charge in [-0.2, -0.15) is 0 Å². The third-order valence-corrected chi connectivity index (χ3v) is 2.76. The summed E-state index contributed by atoms with van der Waals surface area (Å²) in [5, 5.41) is 8.76. The number of rotatable bonds is 4. The maximum absolute atomic E-state index is 11.5. The van der Waals surface area contributed by atoms with Gasteiger partial charge in [0, 0.05) is 5.69 Å². The maximum atomic E-state index is 11.5. The van der Waals surface area contributed by atoms with Crippen LogP contribution in [0, 0.1) is 0 Å². The first-order chi connectivity index (χ1) is 9.20. The Morgan fingerprint density at radius 2 is 1.74 bits per heavy atom. The molecule has 0 heterocycles. The Labute approximate surface area is 111 Å². The molecule has 0 aliphatic carbocycles. The van der Waals surface area contributed by atoms with Crippen LogP contribution in [-0.2, 0) is 6.54 Å². The average Bonchev–Trinajstić information content (AvgIpc) is 2.46. The largest absolute Gasteiger partial charge is 0.351 e. The van der Waals surface area contributed by atoms with Crippen molar-refractivity contribution >= 4 is 17.4 Å². The molecule has 0 aliphatic heterocycles. The van der Waals surface area contributed by atoms with E-state index in [1.54, 1.807) is 24.3 Å². The molecule has 0 atom stereocenters. The lowest BCUT2D eigenvalue weighted by atomic mass is 10.2. The van der Waals surface area contributed by atoms with E-state index < -0.39 is 6.03 Å². The van der Waals surface area contributed by atoms with Crippen LogP contribution in [0.1, 0.15) is 5.56 Å². The van der Waals surface area contributed by atoms with E-state index in [0.29, 0.717) is 17.9 Å². The van der Waals surface area contributed by atoms with Crippen LogP contribution in [0.5, 0.6) is 0 Å². The lowest BCUT2D eigenvalue weighted by molar-refractivity contribution is 0.253. The number of benzene rings is 2. The Bertz CT molecular complexity index is 540. The van der Waals surface area contributed by atoms with E-state index in [0.717, 1.165) is 5.56 Å². The lowest BCUT2D eigenvalue weighted by Crippen LogP contribution is -2.35. The zero-order valence-electron chi connectivity index (χ0n) is 10.3. The van der Waals surface area contributed by atoms with Crippen LogP contribution < -0.4 is 16.1 Å². The number of hydrogen-bond donors (Lipinski definition) is 3. The fraction of sp³-hybridized carbons (Fsp3) is 0.0714. The molecule has 98 valence electrons. The van der Waals surface area contributed by atoms with Crippen LogP contribution in [0.3, 0.4) is 0 Å². The summed E-state index contributed by atoms with van der Waals surface area (Å²) in [6, 6.07) is 15.8. The van der Waals surface area contributed by atoms with Gasteiger partial charge in [0.1, 0.15) is 0 Å². The van der Waals surface area contributed by atoms with Gasteiger partial charge in [-0.3, -0.25) is 15.6 Å². The summed E-state index contributed by atoms with van der Waals surface area (Å²) in [4.78, 5) is 13.0. The number of amides is 2. The molecule has 0 spiro atoms. The Morgan fingerprint density at radius 3 is 2.26 bits per heavy atom. The van der Waals surface area contributed by atoms with Crippen LogP contribution in [0.25, 0.3) is 0 Å². The second-order valence-electron chi connectivity index (χ2n) is 4.07. The Morgan fingerprint density at radius 1 is 1.11 bits per heavy atom. The summed E-state index contributed by atoms with van der Waals surface area (Å²) in [5.41, 5.74) is 9.66. The summed E-state index contributed by atoms with van der Waals surface area (Å²) >= 11 is 0. The number of carbonyl (C=O) groups is 1. The number of hydrogen-bond acceptors (Lipinski definition) is 3. The van der Waals surface area contributed by atoms with Crippen molar-refractivity contribution in [3.05, 3.63) is 60.2 Å². The summed E-state index contributed by atoms with van der Waals surface area (Å²) in [5.74, 6) is 0. The molecule has 0 saturated heterocycles. The van der Waals surface area contributed by atoms with Gasteiger partial charge in [0.2, 0.25) is 0 Å². The predicted molar refractivity (Wildman–Crippen MR) is 74.1 cm³/mol. The van der Waals surface area contributed by atoms with Crippen molar-refractivity contribution in [3.8, 4) is 0 Å². The first-order valence-electron chi connectivity index (χ1n) is 5.82. The molecule has 2 aromatic rings. The van der Waals surface area contributed by atoms with Crippen molar-refractivity contribution in [1.29, 1.82) is 0 Å². The van der Waals surface area contributed by atoms with Crippen molar-refractivity contribution in [2.24, 2.45) is 5.73 Å². The van der Waals surface area contributed by atoms with Gasteiger partial charge < -0.3 is 5.73 Å². The minimum atomic E-state index is -0.520. The van der Waals surface area contributed by atoms with E-state index in [2.05, 4.69) is 0 Å². The molecule has 2 rings (SSSR count). The van der Waals surface area contributed by atoms with Gasteiger partial charge in [0.05, 0.1) is 12.2 Å². The molecule has 2 aromatic carbocycles. The molecule has 5 nitrogen and oxygen atoms in total. The number of nitrogens with two attached hydrogens (primary N) is 1. The standard InChI is InChI=1S/C14H15N3O2/c15-14(18)17(10-11-4-2-1-3-5-11)13-8-6-12(16-19)7-9-13/h1-9,16,19H,10H2,(H2,15,18). The van der Waals surface area contributed by atoms with Gasteiger partial charge >= 0.3 is 6.03 Å². The zero-order valence-corrected chi connectivity index (χ0v) is 10.3. The zero-order chi connectivity index (χ0) is 13.7. The van der Waals surface area contributed by atoms with E-state index in [4.69, 9.17) is 10.9 Å². The highest BCUT2D eigenvalue weighted by atomic mass is 16.5. The fourth-order valence-corrected chi connectivity index (χ4v) is 1.78. The second-order valence-corrected chi connectivity index (χ2v) is 4.07. The first-order valence-corrected chi connectivity index (χ1v) is 5.82. The highest BCUT2D eigenvalue weighted by Crippen LogP contribution is 2.19. The molecule has 2 amide bonds. The number of primary amides is 1. The van der Waals surface area contributed by atoms with E-state index in [1.807, 2.05) is 35.8 Å². The van der Waals surface area contributed by atoms with Gasteiger partial charge in [0.25, 0.3) is 0 Å². The van der Waals surface area contributed by atoms with E-state index in [1.165, 1.54) is 4.90 Å². The van der Waals surface area contributed by atoms with Crippen molar-refractivity contribution in [2.75, 3.05) is 10.4 Å². The summed E-state index contributed by atoms with van der Waals surface area (Å²) in [6.45, 7) is 0.405. The van der Waals surface area contributed by atoms with Crippen molar-refractivity contribution in [2.45, 2.75) is 6.54 Å². The molecule has 0 aliphatic rings. The van der Waals surface area contributed by atoms with Gasteiger partial charge in [-0.1, -0.05) is 30.3 Å². The molecule has 0 bridgehead atoms. The smallest absolute Gasteiger partial charge is 0.319 e. The molecule has 4 N–H and O–H groups in total. The van der Waals surface area contributed by atoms with E-state index >= 15 is 0 Å². The number of urea groups is 1. The highest BCUT2D eigenvalue weighted by molar-refractivity contribution is 5.90. The normalized spacial score (nSPS) is 9.95. The Balaban J connectivity index is 2.22.